The highest BCUT2D eigenvalue weighted by atomic mass is 79.9. The third kappa shape index (κ3) is 3.02. The quantitative estimate of drug-likeness (QED) is 0.728. The Bertz CT molecular complexity index is 597. The van der Waals surface area contributed by atoms with Crippen molar-refractivity contribution in [2.75, 3.05) is 6.61 Å². The molecule has 0 aromatic carbocycles. The third-order valence-corrected chi connectivity index (χ3v) is 4.74. The SMILES string of the molecule is O=c1[nH]c(=O)n(C2CC(O)C(CO)S2)cc1/C=C/Br. The van der Waals surface area contributed by atoms with Crippen LogP contribution in [0.5, 0.6) is 0 Å². The highest BCUT2D eigenvalue weighted by Crippen LogP contribution is 2.40. The normalized spacial score (nSPS) is 27.2. The maximum Gasteiger partial charge on any atom is 0.329 e. The summed E-state index contributed by atoms with van der Waals surface area (Å²) in [6.07, 6.45) is 2.70. The van der Waals surface area contributed by atoms with E-state index in [1.54, 1.807) is 0 Å². The first-order valence-corrected chi connectivity index (χ1v) is 7.49. The van der Waals surface area contributed by atoms with Gasteiger partial charge in [-0.25, -0.2) is 4.79 Å². The molecule has 0 aliphatic carbocycles. The molecule has 19 heavy (non-hydrogen) atoms. The van der Waals surface area contributed by atoms with Crippen molar-refractivity contribution < 1.29 is 10.2 Å². The molecule has 1 fully saturated rings. The summed E-state index contributed by atoms with van der Waals surface area (Å²) in [5.41, 5.74) is -0.627. The molecule has 3 N–H and O–H groups in total. The van der Waals surface area contributed by atoms with E-state index in [4.69, 9.17) is 5.11 Å². The average Bonchev–Trinajstić information content (AvgIpc) is 2.74. The predicted octanol–water partition coefficient (Wildman–Crippen LogP) is 0.260. The molecule has 1 aromatic rings. The molecule has 0 saturated carbocycles. The second-order valence-corrected chi connectivity index (χ2v) is 6.11. The fourth-order valence-electron chi connectivity index (χ4n) is 1.95. The molecule has 2 rings (SSSR count). The van der Waals surface area contributed by atoms with Gasteiger partial charge in [-0.3, -0.25) is 14.3 Å². The van der Waals surface area contributed by atoms with E-state index in [2.05, 4.69) is 20.9 Å². The smallest absolute Gasteiger partial charge is 0.329 e. The lowest BCUT2D eigenvalue weighted by molar-refractivity contribution is 0.137. The number of aromatic nitrogens is 2. The second kappa shape index (κ2) is 6.08. The minimum absolute atomic E-state index is 0.144. The van der Waals surface area contributed by atoms with E-state index in [0.717, 1.165) is 0 Å². The Morgan fingerprint density at radius 2 is 2.32 bits per heavy atom. The number of H-pyrrole nitrogens is 1. The van der Waals surface area contributed by atoms with E-state index in [1.807, 2.05) is 0 Å². The fraction of sp³-hybridized carbons (Fsp3) is 0.455. The number of hydrogen-bond donors (Lipinski definition) is 3. The van der Waals surface area contributed by atoms with Crippen LogP contribution in [-0.4, -0.2) is 37.7 Å². The number of aliphatic hydroxyl groups excluding tert-OH is 2. The molecule has 3 atom stereocenters. The highest BCUT2D eigenvalue weighted by molar-refractivity contribution is 9.11. The Morgan fingerprint density at radius 3 is 2.89 bits per heavy atom. The summed E-state index contributed by atoms with van der Waals surface area (Å²) in [4.78, 5) is 27.1. The number of hydrogen-bond acceptors (Lipinski definition) is 5. The molecule has 1 aliphatic rings. The lowest BCUT2D eigenvalue weighted by Gasteiger charge is -2.13. The van der Waals surface area contributed by atoms with Crippen LogP contribution < -0.4 is 11.2 Å². The minimum atomic E-state index is -0.658. The van der Waals surface area contributed by atoms with Crippen molar-refractivity contribution in [2.24, 2.45) is 0 Å². The van der Waals surface area contributed by atoms with Crippen LogP contribution in [0.15, 0.2) is 20.8 Å². The van der Waals surface area contributed by atoms with Crippen molar-refractivity contribution in [2.45, 2.75) is 23.1 Å². The van der Waals surface area contributed by atoms with Crippen LogP contribution in [0.4, 0.5) is 0 Å². The van der Waals surface area contributed by atoms with Crippen molar-refractivity contribution in [1.82, 2.24) is 9.55 Å². The Morgan fingerprint density at radius 1 is 1.58 bits per heavy atom. The van der Waals surface area contributed by atoms with E-state index >= 15 is 0 Å². The maximum atomic E-state index is 11.8. The molecule has 104 valence electrons. The fourth-order valence-corrected chi connectivity index (χ4v) is 3.61. The molecule has 6 nitrogen and oxygen atoms in total. The molecular formula is C11H13BrN2O4S. The van der Waals surface area contributed by atoms with Crippen LogP contribution >= 0.6 is 27.7 Å². The van der Waals surface area contributed by atoms with Crippen molar-refractivity contribution in [3.8, 4) is 0 Å². The van der Waals surface area contributed by atoms with Crippen LogP contribution in [0.25, 0.3) is 6.08 Å². The van der Waals surface area contributed by atoms with Gasteiger partial charge in [0, 0.05) is 12.6 Å². The molecule has 0 bridgehead atoms. The molecule has 1 aliphatic heterocycles. The lowest BCUT2D eigenvalue weighted by atomic mass is 10.2. The van der Waals surface area contributed by atoms with Crippen molar-refractivity contribution in [3.63, 3.8) is 0 Å². The van der Waals surface area contributed by atoms with Gasteiger partial charge in [-0.05, 0) is 11.1 Å². The molecule has 1 aromatic heterocycles. The first-order chi connectivity index (χ1) is 9.06. The maximum absolute atomic E-state index is 11.8. The van der Waals surface area contributed by atoms with Gasteiger partial charge in [-0.1, -0.05) is 15.9 Å². The van der Waals surface area contributed by atoms with Gasteiger partial charge in [-0.15, -0.1) is 11.8 Å². The Kier molecular flexibility index (Phi) is 4.67. The molecule has 3 unspecified atom stereocenters. The molecule has 8 heteroatoms. The van der Waals surface area contributed by atoms with Crippen LogP contribution in [0, 0.1) is 0 Å². The van der Waals surface area contributed by atoms with E-state index in [-0.39, 0.29) is 17.2 Å². The number of halogens is 1. The van der Waals surface area contributed by atoms with Gasteiger partial charge in [-0.2, -0.15) is 0 Å². The standard InChI is InChI=1S/C11H13BrN2O4S/c12-2-1-6-4-14(11(18)13-10(6)17)9-3-7(16)8(5-15)19-9/h1-2,4,7-9,15-16H,3,5H2,(H,13,17,18)/b2-1+. The zero-order chi connectivity index (χ0) is 14.0. The lowest BCUT2D eigenvalue weighted by Crippen LogP contribution is -2.32. The third-order valence-electron chi connectivity index (χ3n) is 2.93. The van der Waals surface area contributed by atoms with Crippen LogP contribution in [0.2, 0.25) is 0 Å². The summed E-state index contributed by atoms with van der Waals surface area (Å²) >= 11 is 4.40. The predicted molar refractivity (Wildman–Crippen MR) is 77.4 cm³/mol. The molecule has 0 amide bonds. The Labute approximate surface area is 121 Å². The minimum Gasteiger partial charge on any atom is -0.395 e. The molecule has 1 saturated heterocycles. The zero-order valence-electron chi connectivity index (χ0n) is 9.82. The first kappa shape index (κ1) is 14.6. The van der Waals surface area contributed by atoms with Gasteiger partial charge < -0.3 is 10.2 Å². The van der Waals surface area contributed by atoms with Crippen LogP contribution in [-0.2, 0) is 0 Å². The topological polar surface area (TPSA) is 95.3 Å². The summed E-state index contributed by atoms with van der Waals surface area (Å²) in [7, 11) is 0. The Balaban J connectivity index is 2.38. The van der Waals surface area contributed by atoms with E-state index in [9.17, 15) is 14.7 Å². The molecular weight excluding hydrogens is 336 g/mol. The second-order valence-electron chi connectivity index (χ2n) is 4.16. The Hall–Kier alpha value is -0.830. The van der Waals surface area contributed by atoms with E-state index in [1.165, 1.54) is 33.6 Å². The van der Waals surface area contributed by atoms with Gasteiger partial charge in [0.05, 0.1) is 28.9 Å². The summed E-state index contributed by atoms with van der Waals surface area (Å²) in [5, 5.41) is 18.3. The summed E-state index contributed by atoms with van der Waals surface area (Å²) in [6, 6.07) is 0. The molecule has 2 heterocycles. The highest BCUT2D eigenvalue weighted by Gasteiger charge is 2.34. The largest absolute Gasteiger partial charge is 0.395 e. The molecule has 0 spiro atoms. The van der Waals surface area contributed by atoms with Gasteiger partial charge in [0.25, 0.3) is 5.56 Å². The monoisotopic (exact) mass is 348 g/mol. The van der Waals surface area contributed by atoms with Crippen molar-refractivity contribution in [1.29, 1.82) is 0 Å². The van der Waals surface area contributed by atoms with Crippen molar-refractivity contribution in [3.05, 3.63) is 37.6 Å². The summed E-state index contributed by atoms with van der Waals surface area (Å²) in [6.45, 7) is -0.144. The number of nitrogens with zero attached hydrogens (tertiary/aromatic N) is 1. The van der Waals surface area contributed by atoms with Crippen LogP contribution in [0.3, 0.4) is 0 Å². The van der Waals surface area contributed by atoms with Crippen LogP contribution in [0.1, 0.15) is 17.4 Å². The summed E-state index contributed by atoms with van der Waals surface area (Å²) < 4.78 is 1.38. The number of aromatic amines is 1. The first-order valence-electron chi connectivity index (χ1n) is 5.63. The van der Waals surface area contributed by atoms with Gasteiger partial charge >= 0.3 is 5.69 Å². The zero-order valence-corrected chi connectivity index (χ0v) is 12.2. The van der Waals surface area contributed by atoms with E-state index < -0.39 is 17.4 Å². The number of aliphatic hydroxyl groups is 2. The molecule has 0 radical (unpaired) electrons. The summed E-state index contributed by atoms with van der Waals surface area (Å²) in [5.74, 6) is 0. The number of thioether (sulfide) groups is 1. The van der Waals surface area contributed by atoms with Gasteiger partial charge in [0.1, 0.15) is 0 Å². The van der Waals surface area contributed by atoms with Gasteiger partial charge in [0.15, 0.2) is 0 Å². The van der Waals surface area contributed by atoms with Crippen molar-refractivity contribution >= 4 is 33.8 Å². The van der Waals surface area contributed by atoms with Gasteiger partial charge in [0.2, 0.25) is 0 Å². The van der Waals surface area contributed by atoms with E-state index in [0.29, 0.717) is 12.0 Å². The average molecular weight is 349 g/mol. The number of nitrogens with one attached hydrogen (secondary N) is 1. The number of rotatable bonds is 3.